The van der Waals surface area contributed by atoms with Crippen LogP contribution in [0.3, 0.4) is 0 Å². The summed E-state index contributed by atoms with van der Waals surface area (Å²) >= 11 is 0. The van der Waals surface area contributed by atoms with E-state index >= 15 is 0 Å². The number of phenols is 1. The van der Waals surface area contributed by atoms with Crippen molar-refractivity contribution in [3.63, 3.8) is 0 Å². The molecule has 0 spiro atoms. The lowest BCUT2D eigenvalue weighted by atomic mass is 10.2. The highest BCUT2D eigenvalue weighted by Crippen LogP contribution is 2.28. The zero-order valence-electron chi connectivity index (χ0n) is 6.37. The second-order valence-corrected chi connectivity index (χ2v) is 2.21. The summed E-state index contributed by atoms with van der Waals surface area (Å²) in [4.78, 5) is 0. The Balaban J connectivity index is 3.09. The van der Waals surface area contributed by atoms with E-state index in [1.807, 2.05) is 13.0 Å². The minimum atomic E-state index is 0.143. The van der Waals surface area contributed by atoms with Gasteiger partial charge >= 0.3 is 0 Å². The van der Waals surface area contributed by atoms with Crippen LogP contribution in [0.4, 0.5) is 0 Å². The molecule has 0 unspecified atom stereocenters. The van der Waals surface area contributed by atoms with E-state index in [1.54, 1.807) is 12.1 Å². The molecule has 1 rings (SSSR count). The highest BCUT2D eigenvalue weighted by molar-refractivity contribution is 5.45. The average Bonchev–Trinajstić information content (AvgIpc) is 1.97. The molecule has 0 saturated heterocycles. The molecule has 0 amide bonds. The lowest BCUT2D eigenvalue weighted by molar-refractivity contribution is 0.409. The number of para-hydroxylation sites is 1. The summed E-state index contributed by atoms with van der Waals surface area (Å²) in [6, 6.07) is 5.20. The second-order valence-electron chi connectivity index (χ2n) is 2.21. The first kappa shape index (κ1) is 7.66. The van der Waals surface area contributed by atoms with Crippen LogP contribution in [0.5, 0.6) is 11.5 Å². The molecule has 0 aliphatic rings. The van der Waals surface area contributed by atoms with Crippen molar-refractivity contribution < 1.29 is 9.84 Å². The van der Waals surface area contributed by atoms with Crippen molar-refractivity contribution >= 4 is 0 Å². The van der Waals surface area contributed by atoms with Crippen molar-refractivity contribution in [1.82, 2.24) is 0 Å². The number of benzene rings is 1. The molecule has 11 heavy (non-hydrogen) atoms. The fourth-order valence-electron chi connectivity index (χ4n) is 0.874. The molecule has 58 valence electrons. The van der Waals surface area contributed by atoms with Crippen LogP contribution >= 0.6 is 0 Å². The first-order chi connectivity index (χ1) is 5.25. The molecule has 0 fully saturated rings. The van der Waals surface area contributed by atoms with E-state index in [2.05, 4.69) is 6.58 Å². The minimum absolute atomic E-state index is 0.143. The van der Waals surface area contributed by atoms with Crippen LogP contribution in [0.25, 0.3) is 0 Å². The highest BCUT2D eigenvalue weighted by Gasteiger charge is 2.02. The van der Waals surface area contributed by atoms with E-state index in [9.17, 15) is 5.11 Å². The summed E-state index contributed by atoms with van der Waals surface area (Å²) in [7, 11) is 0. The largest absolute Gasteiger partial charge is 0.504 e. The number of aryl methyl sites for hydroxylation is 1. The van der Waals surface area contributed by atoms with Crippen molar-refractivity contribution in [2.24, 2.45) is 0 Å². The molecule has 2 heteroatoms. The van der Waals surface area contributed by atoms with E-state index in [0.29, 0.717) is 5.75 Å². The number of rotatable bonds is 2. The summed E-state index contributed by atoms with van der Waals surface area (Å²) < 4.78 is 4.98. The smallest absolute Gasteiger partial charge is 0.170 e. The van der Waals surface area contributed by atoms with Crippen molar-refractivity contribution in [2.45, 2.75) is 6.92 Å². The van der Waals surface area contributed by atoms with Gasteiger partial charge < -0.3 is 9.84 Å². The van der Waals surface area contributed by atoms with Crippen LogP contribution in [0.1, 0.15) is 5.56 Å². The summed E-state index contributed by atoms with van der Waals surface area (Å²) in [6.45, 7) is 5.26. The van der Waals surface area contributed by atoms with Gasteiger partial charge in [-0.2, -0.15) is 0 Å². The lowest BCUT2D eigenvalue weighted by Crippen LogP contribution is -1.84. The maximum absolute atomic E-state index is 9.25. The molecule has 0 radical (unpaired) electrons. The lowest BCUT2D eigenvalue weighted by Gasteiger charge is -2.05. The minimum Gasteiger partial charge on any atom is -0.504 e. The summed E-state index contributed by atoms with van der Waals surface area (Å²) in [5.74, 6) is 0.618. The van der Waals surface area contributed by atoms with Crippen molar-refractivity contribution in [3.05, 3.63) is 36.6 Å². The van der Waals surface area contributed by atoms with Crippen molar-refractivity contribution in [1.29, 1.82) is 0 Å². The first-order valence-electron chi connectivity index (χ1n) is 3.32. The number of ether oxygens (including phenoxy) is 1. The van der Waals surface area contributed by atoms with E-state index in [0.717, 1.165) is 5.56 Å². The zero-order chi connectivity index (χ0) is 8.27. The van der Waals surface area contributed by atoms with Gasteiger partial charge in [0.1, 0.15) is 0 Å². The van der Waals surface area contributed by atoms with Gasteiger partial charge in [-0.05, 0) is 18.6 Å². The van der Waals surface area contributed by atoms with E-state index < -0.39 is 0 Å². The van der Waals surface area contributed by atoms with Crippen molar-refractivity contribution in [2.75, 3.05) is 0 Å². The predicted molar refractivity (Wildman–Crippen MR) is 43.7 cm³/mol. The molecule has 1 N–H and O–H groups in total. The van der Waals surface area contributed by atoms with Gasteiger partial charge in [0.05, 0.1) is 6.26 Å². The van der Waals surface area contributed by atoms with Gasteiger partial charge in [-0.3, -0.25) is 0 Å². The molecule has 0 atom stereocenters. The van der Waals surface area contributed by atoms with Gasteiger partial charge in [0.25, 0.3) is 0 Å². The molecular weight excluding hydrogens is 140 g/mol. The Bertz CT molecular complexity index is 246. The Morgan fingerprint density at radius 2 is 2.27 bits per heavy atom. The standard InChI is InChI=1S/C9H10O2/c1-3-11-9-7(2)5-4-6-8(9)10/h3-6,10H,1H2,2H3. The SMILES string of the molecule is C=COc1c(C)cccc1O. The van der Waals surface area contributed by atoms with E-state index in [4.69, 9.17) is 4.74 Å². The highest BCUT2D eigenvalue weighted by atomic mass is 16.5. The predicted octanol–water partition coefficient (Wildman–Crippen LogP) is 2.22. The first-order valence-corrected chi connectivity index (χ1v) is 3.32. The molecule has 1 aromatic rings. The van der Waals surface area contributed by atoms with Gasteiger partial charge in [0, 0.05) is 0 Å². The number of phenolic OH excluding ortho intramolecular Hbond substituents is 1. The van der Waals surface area contributed by atoms with Crippen LogP contribution in [0.2, 0.25) is 0 Å². The summed E-state index contributed by atoms with van der Waals surface area (Å²) in [6.07, 6.45) is 1.29. The fourth-order valence-corrected chi connectivity index (χ4v) is 0.874. The summed E-state index contributed by atoms with van der Waals surface area (Å²) in [5.41, 5.74) is 0.893. The molecule has 1 aromatic carbocycles. The van der Waals surface area contributed by atoms with Gasteiger partial charge in [0.15, 0.2) is 11.5 Å². The third kappa shape index (κ3) is 1.52. The maximum Gasteiger partial charge on any atom is 0.170 e. The average molecular weight is 150 g/mol. The van der Waals surface area contributed by atoms with Gasteiger partial charge in [0.2, 0.25) is 0 Å². The van der Waals surface area contributed by atoms with Crippen LogP contribution < -0.4 is 4.74 Å². The Morgan fingerprint density at radius 3 is 2.82 bits per heavy atom. The third-order valence-electron chi connectivity index (χ3n) is 1.39. The Labute approximate surface area is 65.7 Å². The third-order valence-corrected chi connectivity index (χ3v) is 1.39. The quantitative estimate of drug-likeness (QED) is 0.655. The molecule has 2 nitrogen and oxygen atoms in total. The van der Waals surface area contributed by atoms with Crippen LogP contribution in [0.15, 0.2) is 31.0 Å². The molecule has 0 aliphatic heterocycles. The number of hydrogen-bond acceptors (Lipinski definition) is 2. The van der Waals surface area contributed by atoms with Gasteiger partial charge in [-0.1, -0.05) is 18.7 Å². The van der Waals surface area contributed by atoms with Crippen LogP contribution in [-0.4, -0.2) is 5.11 Å². The Hall–Kier alpha value is -1.44. The summed E-state index contributed by atoms with van der Waals surface area (Å²) in [5, 5.41) is 9.25. The van der Waals surface area contributed by atoms with Crippen molar-refractivity contribution in [3.8, 4) is 11.5 Å². The molecule has 0 aliphatic carbocycles. The molecular formula is C9H10O2. The topological polar surface area (TPSA) is 29.5 Å². The molecule has 0 aromatic heterocycles. The molecule has 0 heterocycles. The fraction of sp³-hybridized carbons (Fsp3) is 0.111. The monoisotopic (exact) mass is 150 g/mol. The molecule has 0 bridgehead atoms. The maximum atomic E-state index is 9.25. The molecule has 0 saturated carbocycles. The second kappa shape index (κ2) is 3.10. The van der Waals surface area contributed by atoms with E-state index in [1.165, 1.54) is 6.26 Å². The van der Waals surface area contributed by atoms with Crippen LogP contribution in [0, 0.1) is 6.92 Å². The van der Waals surface area contributed by atoms with Crippen LogP contribution in [-0.2, 0) is 0 Å². The number of aromatic hydroxyl groups is 1. The number of hydrogen-bond donors (Lipinski definition) is 1. The van der Waals surface area contributed by atoms with Gasteiger partial charge in [-0.15, -0.1) is 0 Å². The van der Waals surface area contributed by atoms with E-state index in [-0.39, 0.29) is 5.75 Å². The Kier molecular flexibility index (Phi) is 2.16. The zero-order valence-corrected chi connectivity index (χ0v) is 6.37. The van der Waals surface area contributed by atoms with Gasteiger partial charge in [-0.25, -0.2) is 0 Å². The normalized spacial score (nSPS) is 9.18. The Morgan fingerprint density at radius 1 is 1.55 bits per heavy atom.